The summed E-state index contributed by atoms with van der Waals surface area (Å²) in [4.78, 5) is 16.5. The van der Waals surface area contributed by atoms with Gasteiger partial charge in [0.25, 0.3) is 5.91 Å². The van der Waals surface area contributed by atoms with Gasteiger partial charge in [-0.3, -0.25) is 4.79 Å². The molecule has 6 nitrogen and oxygen atoms in total. The number of carbonyl (C=O) groups excluding carboxylic acids is 1. The van der Waals surface area contributed by atoms with Gasteiger partial charge in [0.2, 0.25) is 0 Å². The number of nitrogens with zero attached hydrogens (tertiary/aromatic N) is 2. The molecule has 1 amide bonds. The van der Waals surface area contributed by atoms with Crippen LogP contribution in [0.1, 0.15) is 36.1 Å². The van der Waals surface area contributed by atoms with Gasteiger partial charge in [0, 0.05) is 26.0 Å². The zero-order valence-electron chi connectivity index (χ0n) is 15.0. The first-order valence-corrected chi connectivity index (χ1v) is 9.22. The third-order valence-corrected chi connectivity index (χ3v) is 5.57. The van der Waals surface area contributed by atoms with E-state index in [-0.39, 0.29) is 36.1 Å². The maximum Gasteiger partial charge on any atom is 0.287 e. The van der Waals surface area contributed by atoms with Crippen LogP contribution in [-0.2, 0) is 12.8 Å². The lowest BCUT2D eigenvalue weighted by Gasteiger charge is -2.33. The Balaban J connectivity index is 0.00000169. The SMILES string of the molecule is Cl.Cl.Cn1ccnc1SCc1ccc(C(=O)NCC2(C)CCNCC2)o1. The normalized spacial score (nSPS) is 15.6. The smallest absolute Gasteiger partial charge is 0.287 e. The summed E-state index contributed by atoms with van der Waals surface area (Å²) in [5, 5.41) is 7.30. The van der Waals surface area contributed by atoms with Crippen molar-refractivity contribution >= 4 is 42.5 Å². The van der Waals surface area contributed by atoms with Crippen molar-refractivity contribution in [2.45, 2.75) is 30.7 Å². The minimum absolute atomic E-state index is 0. The number of imidazole rings is 1. The summed E-state index contributed by atoms with van der Waals surface area (Å²) in [6.07, 6.45) is 5.84. The van der Waals surface area contributed by atoms with Gasteiger partial charge in [-0.2, -0.15) is 0 Å². The topological polar surface area (TPSA) is 72.1 Å². The molecule has 1 saturated heterocycles. The zero-order valence-corrected chi connectivity index (χ0v) is 17.4. The van der Waals surface area contributed by atoms with Crippen molar-refractivity contribution in [1.29, 1.82) is 0 Å². The largest absolute Gasteiger partial charge is 0.455 e. The molecule has 2 aromatic heterocycles. The van der Waals surface area contributed by atoms with Crippen LogP contribution in [-0.4, -0.2) is 35.1 Å². The fraction of sp³-hybridized carbons (Fsp3) is 0.529. The molecule has 0 radical (unpaired) electrons. The van der Waals surface area contributed by atoms with E-state index >= 15 is 0 Å². The highest BCUT2D eigenvalue weighted by atomic mass is 35.5. The first-order valence-electron chi connectivity index (χ1n) is 8.23. The fourth-order valence-corrected chi connectivity index (χ4v) is 3.62. The van der Waals surface area contributed by atoms with Crippen molar-refractivity contribution < 1.29 is 9.21 Å². The molecule has 0 unspecified atom stereocenters. The number of halogens is 2. The van der Waals surface area contributed by atoms with E-state index in [0.717, 1.165) is 36.8 Å². The van der Waals surface area contributed by atoms with Gasteiger partial charge < -0.3 is 19.6 Å². The van der Waals surface area contributed by atoms with Crippen LogP contribution in [0.4, 0.5) is 0 Å². The van der Waals surface area contributed by atoms with E-state index in [0.29, 0.717) is 18.1 Å². The van der Waals surface area contributed by atoms with Crippen LogP contribution in [0.2, 0.25) is 0 Å². The number of aromatic nitrogens is 2. The standard InChI is InChI=1S/C17H24N4O2S.2ClH/c1-17(5-7-18-8-6-17)12-20-15(22)14-4-3-13(23-14)11-24-16-19-9-10-21(16)2;;/h3-4,9-10,18H,5-8,11-12H2,1-2H3,(H,20,22);2*1H. The zero-order chi connectivity index (χ0) is 17.0. The number of rotatable bonds is 6. The van der Waals surface area contributed by atoms with E-state index in [2.05, 4.69) is 22.5 Å². The third kappa shape index (κ3) is 5.94. The molecule has 26 heavy (non-hydrogen) atoms. The van der Waals surface area contributed by atoms with Crippen molar-refractivity contribution in [3.8, 4) is 0 Å². The highest BCUT2D eigenvalue weighted by molar-refractivity contribution is 7.98. The van der Waals surface area contributed by atoms with Crippen molar-refractivity contribution in [1.82, 2.24) is 20.2 Å². The Hall–Kier alpha value is -1.15. The van der Waals surface area contributed by atoms with Crippen molar-refractivity contribution in [2.75, 3.05) is 19.6 Å². The maximum atomic E-state index is 12.3. The molecule has 146 valence electrons. The Morgan fingerprint density at radius 3 is 2.77 bits per heavy atom. The van der Waals surface area contributed by atoms with E-state index in [1.54, 1.807) is 24.0 Å². The highest BCUT2D eigenvalue weighted by Crippen LogP contribution is 2.27. The number of furan rings is 1. The van der Waals surface area contributed by atoms with E-state index < -0.39 is 0 Å². The second-order valence-corrected chi connectivity index (χ2v) is 7.56. The van der Waals surface area contributed by atoms with Crippen LogP contribution in [0.5, 0.6) is 0 Å². The quantitative estimate of drug-likeness (QED) is 0.701. The molecule has 0 saturated carbocycles. The lowest BCUT2D eigenvalue weighted by molar-refractivity contribution is 0.0893. The lowest BCUT2D eigenvalue weighted by atomic mass is 9.81. The lowest BCUT2D eigenvalue weighted by Crippen LogP contribution is -2.42. The Labute approximate surface area is 170 Å². The summed E-state index contributed by atoms with van der Waals surface area (Å²) < 4.78 is 7.63. The van der Waals surface area contributed by atoms with Crippen LogP contribution in [0.15, 0.2) is 34.1 Å². The maximum absolute atomic E-state index is 12.3. The first-order chi connectivity index (χ1) is 11.6. The molecule has 2 N–H and O–H groups in total. The van der Waals surface area contributed by atoms with E-state index in [1.807, 2.05) is 23.9 Å². The van der Waals surface area contributed by atoms with Gasteiger partial charge in [-0.15, -0.1) is 24.8 Å². The number of amides is 1. The van der Waals surface area contributed by atoms with Gasteiger partial charge in [0.05, 0.1) is 5.75 Å². The minimum Gasteiger partial charge on any atom is -0.455 e. The number of nitrogens with one attached hydrogen (secondary N) is 2. The number of piperidine rings is 1. The van der Waals surface area contributed by atoms with E-state index in [4.69, 9.17) is 4.42 Å². The number of carbonyl (C=O) groups is 1. The summed E-state index contributed by atoms with van der Waals surface area (Å²) in [6.45, 7) is 4.94. The summed E-state index contributed by atoms with van der Waals surface area (Å²) in [5.74, 6) is 1.67. The van der Waals surface area contributed by atoms with Crippen LogP contribution < -0.4 is 10.6 Å². The molecule has 3 heterocycles. The number of hydrogen-bond acceptors (Lipinski definition) is 5. The first kappa shape index (κ1) is 22.9. The molecule has 3 rings (SSSR count). The monoisotopic (exact) mass is 420 g/mol. The number of hydrogen-bond donors (Lipinski definition) is 2. The van der Waals surface area contributed by atoms with Gasteiger partial charge in [-0.1, -0.05) is 18.7 Å². The summed E-state index contributed by atoms with van der Waals surface area (Å²) >= 11 is 1.59. The number of thioether (sulfide) groups is 1. The minimum atomic E-state index is -0.136. The fourth-order valence-electron chi connectivity index (χ4n) is 2.79. The highest BCUT2D eigenvalue weighted by Gasteiger charge is 2.27. The molecule has 0 bridgehead atoms. The predicted octanol–water partition coefficient (Wildman–Crippen LogP) is 3.27. The van der Waals surface area contributed by atoms with Gasteiger partial charge in [-0.25, -0.2) is 4.98 Å². The van der Waals surface area contributed by atoms with E-state index in [1.165, 1.54) is 0 Å². The Kier molecular flexibility index (Phi) is 9.03. The van der Waals surface area contributed by atoms with Crippen LogP contribution in [0, 0.1) is 5.41 Å². The Morgan fingerprint density at radius 1 is 1.38 bits per heavy atom. The molecule has 1 aliphatic heterocycles. The molecule has 1 fully saturated rings. The van der Waals surface area contributed by atoms with Crippen LogP contribution >= 0.6 is 36.6 Å². The molecule has 0 spiro atoms. The number of aryl methyl sites for hydroxylation is 1. The van der Waals surface area contributed by atoms with Gasteiger partial charge in [-0.05, 0) is 43.5 Å². The van der Waals surface area contributed by atoms with E-state index in [9.17, 15) is 4.79 Å². The predicted molar refractivity (Wildman–Crippen MR) is 109 cm³/mol. The van der Waals surface area contributed by atoms with Gasteiger partial charge >= 0.3 is 0 Å². The molecular weight excluding hydrogens is 395 g/mol. The second-order valence-electron chi connectivity index (χ2n) is 6.62. The third-order valence-electron chi connectivity index (χ3n) is 4.49. The van der Waals surface area contributed by atoms with Crippen LogP contribution in [0.3, 0.4) is 0 Å². The molecule has 9 heteroatoms. The molecule has 1 aliphatic rings. The van der Waals surface area contributed by atoms with Gasteiger partial charge in [0.15, 0.2) is 10.9 Å². The molecular formula is C17H26Cl2N4O2S. The summed E-state index contributed by atoms with van der Waals surface area (Å²) in [5.41, 5.74) is 0.171. The Bertz CT molecular complexity index is 699. The van der Waals surface area contributed by atoms with Crippen LogP contribution in [0.25, 0.3) is 0 Å². The molecule has 0 atom stereocenters. The van der Waals surface area contributed by atoms with Gasteiger partial charge in [0.1, 0.15) is 5.76 Å². The Morgan fingerprint density at radius 2 is 2.12 bits per heavy atom. The average molecular weight is 421 g/mol. The molecule has 2 aromatic rings. The molecule has 0 aliphatic carbocycles. The summed E-state index contributed by atoms with van der Waals surface area (Å²) in [6, 6.07) is 3.60. The van der Waals surface area contributed by atoms with Crippen molar-refractivity contribution in [2.24, 2.45) is 12.5 Å². The molecule has 0 aromatic carbocycles. The summed E-state index contributed by atoms with van der Waals surface area (Å²) in [7, 11) is 1.96. The average Bonchev–Trinajstić information content (AvgIpc) is 3.20. The van der Waals surface area contributed by atoms with Crippen molar-refractivity contribution in [3.05, 3.63) is 36.0 Å². The van der Waals surface area contributed by atoms with Crippen molar-refractivity contribution in [3.63, 3.8) is 0 Å². The second kappa shape index (κ2) is 10.3.